The number of aliphatic hydroxyl groups excluding tert-OH is 1. The second-order valence-electron chi connectivity index (χ2n) is 3.16. The van der Waals surface area contributed by atoms with Crippen LogP contribution in [-0.4, -0.2) is 35.2 Å². The molecule has 1 saturated heterocycles. The normalized spacial score (nSPS) is 36.3. The highest BCUT2D eigenvalue weighted by atomic mass is 16.3. The van der Waals surface area contributed by atoms with Gasteiger partial charge in [0.2, 0.25) is 0 Å². The van der Waals surface area contributed by atoms with Crippen LogP contribution in [0.3, 0.4) is 0 Å². The maximum atomic E-state index is 9.27. The van der Waals surface area contributed by atoms with E-state index < -0.39 is 0 Å². The first-order valence-corrected chi connectivity index (χ1v) is 4.16. The number of likely N-dealkylation sites (tertiary alicyclic amines) is 1. The van der Waals surface area contributed by atoms with E-state index in [4.69, 9.17) is 0 Å². The van der Waals surface area contributed by atoms with E-state index in [-0.39, 0.29) is 6.10 Å². The van der Waals surface area contributed by atoms with Crippen molar-refractivity contribution < 1.29 is 5.11 Å². The maximum Gasteiger partial charge on any atom is 0.0567 e. The fourth-order valence-electron chi connectivity index (χ4n) is 1.67. The molecule has 1 heterocycles. The summed E-state index contributed by atoms with van der Waals surface area (Å²) >= 11 is 0. The summed E-state index contributed by atoms with van der Waals surface area (Å²) in [5, 5.41) is 9.27. The van der Waals surface area contributed by atoms with Gasteiger partial charge in [0.25, 0.3) is 0 Å². The summed E-state index contributed by atoms with van der Waals surface area (Å²) in [6.07, 6.45) is 1.87. The summed E-state index contributed by atoms with van der Waals surface area (Å²) in [6, 6.07) is 0.578. The Morgan fingerprint density at radius 1 is 1.60 bits per heavy atom. The summed E-state index contributed by atoms with van der Waals surface area (Å²) in [7, 11) is 0. The van der Waals surface area contributed by atoms with Gasteiger partial charge >= 0.3 is 0 Å². The van der Waals surface area contributed by atoms with Crippen LogP contribution in [0, 0.1) is 0 Å². The fraction of sp³-hybridized carbons (Fsp3) is 1.00. The van der Waals surface area contributed by atoms with Gasteiger partial charge in [0.05, 0.1) is 6.10 Å². The molecule has 0 saturated carbocycles. The Bertz CT molecular complexity index is 105. The van der Waals surface area contributed by atoms with E-state index >= 15 is 0 Å². The van der Waals surface area contributed by atoms with E-state index in [1.807, 2.05) is 0 Å². The fourth-order valence-corrected chi connectivity index (χ4v) is 1.67. The minimum absolute atomic E-state index is 0.0437. The first-order valence-electron chi connectivity index (χ1n) is 4.16. The van der Waals surface area contributed by atoms with Gasteiger partial charge in [0.15, 0.2) is 0 Å². The molecule has 1 fully saturated rings. The van der Waals surface area contributed by atoms with Gasteiger partial charge in [-0.3, -0.25) is 0 Å². The molecule has 0 bridgehead atoms. The second-order valence-corrected chi connectivity index (χ2v) is 3.16. The molecule has 1 N–H and O–H groups in total. The Kier molecular flexibility index (Phi) is 2.69. The third kappa shape index (κ3) is 1.70. The lowest BCUT2D eigenvalue weighted by Gasteiger charge is -2.34. The van der Waals surface area contributed by atoms with Crippen molar-refractivity contribution in [2.24, 2.45) is 0 Å². The molecule has 2 nitrogen and oxygen atoms in total. The molecule has 0 aromatic rings. The highest BCUT2D eigenvalue weighted by molar-refractivity contribution is 4.76. The molecule has 1 aliphatic heterocycles. The van der Waals surface area contributed by atoms with Crippen LogP contribution in [-0.2, 0) is 0 Å². The van der Waals surface area contributed by atoms with Crippen LogP contribution in [0.25, 0.3) is 0 Å². The van der Waals surface area contributed by atoms with Crippen molar-refractivity contribution >= 4 is 0 Å². The molecule has 0 aliphatic carbocycles. The number of piperidine rings is 1. The van der Waals surface area contributed by atoms with Gasteiger partial charge in [0, 0.05) is 12.6 Å². The van der Waals surface area contributed by atoms with Gasteiger partial charge in [-0.2, -0.15) is 0 Å². The van der Waals surface area contributed by atoms with E-state index in [0.717, 1.165) is 25.9 Å². The molecule has 1 rings (SSSR count). The van der Waals surface area contributed by atoms with Crippen LogP contribution in [0.4, 0.5) is 0 Å². The molecule has 10 heavy (non-hydrogen) atoms. The van der Waals surface area contributed by atoms with Crippen LogP contribution < -0.4 is 0 Å². The molecule has 60 valence electrons. The molecule has 0 aromatic heterocycles. The van der Waals surface area contributed by atoms with Crippen molar-refractivity contribution in [2.75, 3.05) is 13.1 Å². The number of rotatable bonds is 1. The zero-order valence-corrected chi connectivity index (χ0v) is 6.88. The minimum atomic E-state index is -0.0437. The second kappa shape index (κ2) is 3.35. The Morgan fingerprint density at radius 2 is 2.30 bits per heavy atom. The smallest absolute Gasteiger partial charge is 0.0567 e. The summed E-state index contributed by atoms with van der Waals surface area (Å²) in [6.45, 7) is 6.55. The Morgan fingerprint density at radius 3 is 2.80 bits per heavy atom. The molecule has 0 amide bonds. The predicted molar refractivity (Wildman–Crippen MR) is 41.9 cm³/mol. The number of hydrogen-bond acceptors (Lipinski definition) is 2. The minimum Gasteiger partial charge on any atom is -0.393 e. The average Bonchev–Trinajstić information content (AvgIpc) is 1.88. The molecule has 0 unspecified atom stereocenters. The summed E-state index contributed by atoms with van der Waals surface area (Å²) in [4.78, 5) is 2.41. The van der Waals surface area contributed by atoms with E-state index in [1.54, 1.807) is 0 Å². The van der Waals surface area contributed by atoms with Gasteiger partial charge in [-0.1, -0.05) is 6.92 Å². The monoisotopic (exact) mass is 143 g/mol. The lowest BCUT2D eigenvalue weighted by molar-refractivity contribution is 0.0514. The van der Waals surface area contributed by atoms with E-state index in [0.29, 0.717) is 6.04 Å². The molecule has 2 heteroatoms. The number of hydrogen-bond donors (Lipinski definition) is 1. The zero-order chi connectivity index (χ0) is 7.56. The predicted octanol–water partition coefficient (Wildman–Crippen LogP) is 0.851. The summed E-state index contributed by atoms with van der Waals surface area (Å²) in [5.74, 6) is 0. The molecule has 0 radical (unpaired) electrons. The van der Waals surface area contributed by atoms with Crippen LogP contribution in [0.1, 0.15) is 26.7 Å². The van der Waals surface area contributed by atoms with Crippen LogP contribution >= 0.6 is 0 Å². The first kappa shape index (κ1) is 8.02. The van der Waals surface area contributed by atoms with E-state index in [1.165, 1.54) is 0 Å². The highest BCUT2D eigenvalue weighted by Crippen LogP contribution is 2.15. The van der Waals surface area contributed by atoms with Crippen molar-refractivity contribution in [3.8, 4) is 0 Å². The molecule has 0 spiro atoms. The molecule has 1 aliphatic rings. The van der Waals surface area contributed by atoms with Crippen molar-refractivity contribution in [1.29, 1.82) is 0 Å². The number of nitrogens with zero attached hydrogens (tertiary/aromatic N) is 1. The third-order valence-corrected chi connectivity index (χ3v) is 2.39. The first-order chi connectivity index (χ1) is 4.74. The van der Waals surface area contributed by atoms with E-state index in [2.05, 4.69) is 18.7 Å². The van der Waals surface area contributed by atoms with Crippen molar-refractivity contribution in [2.45, 2.75) is 38.8 Å². The quantitative estimate of drug-likeness (QED) is 0.588. The van der Waals surface area contributed by atoms with Crippen molar-refractivity contribution in [3.05, 3.63) is 0 Å². The van der Waals surface area contributed by atoms with Crippen LogP contribution in [0.2, 0.25) is 0 Å². The Balaban J connectivity index is 2.36. The van der Waals surface area contributed by atoms with Gasteiger partial charge in [-0.15, -0.1) is 0 Å². The largest absolute Gasteiger partial charge is 0.393 e. The topological polar surface area (TPSA) is 23.5 Å². The highest BCUT2D eigenvalue weighted by Gasteiger charge is 2.21. The van der Waals surface area contributed by atoms with E-state index in [9.17, 15) is 5.11 Å². The molecular formula is C8H17NO. The van der Waals surface area contributed by atoms with Gasteiger partial charge in [0.1, 0.15) is 0 Å². The third-order valence-electron chi connectivity index (χ3n) is 2.39. The maximum absolute atomic E-state index is 9.27. The van der Waals surface area contributed by atoms with Gasteiger partial charge in [-0.25, -0.2) is 0 Å². The average molecular weight is 143 g/mol. The lowest BCUT2D eigenvalue weighted by Crippen LogP contribution is -2.42. The van der Waals surface area contributed by atoms with Crippen molar-refractivity contribution in [3.63, 3.8) is 0 Å². The van der Waals surface area contributed by atoms with Crippen LogP contribution in [0.5, 0.6) is 0 Å². The number of aliphatic hydroxyl groups is 1. The van der Waals surface area contributed by atoms with Gasteiger partial charge in [-0.05, 0) is 26.3 Å². The zero-order valence-electron chi connectivity index (χ0n) is 6.88. The van der Waals surface area contributed by atoms with Crippen molar-refractivity contribution in [1.82, 2.24) is 4.90 Å². The standard InChI is InChI=1S/C8H17NO/c1-3-9-5-4-8(10)6-7(9)2/h7-8,10H,3-6H2,1-2H3/t7-,8+/m0/s1. The molecule has 2 atom stereocenters. The Labute approximate surface area is 62.8 Å². The summed E-state index contributed by atoms with van der Waals surface area (Å²) < 4.78 is 0. The summed E-state index contributed by atoms with van der Waals surface area (Å²) in [5.41, 5.74) is 0. The SMILES string of the molecule is CCN1CC[C@@H](O)C[C@@H]1C. The molecular weight excluding hydrogens is 126 g/mol. The van der Waals surface area contributed by atoms with Crippen LogP contribution in [0.15, 0.2) is 0 Å². The Hall–Kier alpha value is -0.0800. The van der Waals surface area contributed by atoms with Gasteiger partial charge < -0.3 is 10.0 Å². The lowest BCUT2D eigenvalue weighted by atomic mass is 10.0. The molecule has 0 aromatic carbocycles.